The Kier molecular flexibility index (Phi) is 6.92. The van der Waals surface area contributed by atoms with E-state index in [2.05, 4.69) is 45.9 Å². The normalized spacial score (nSPS) is 11.3. The molecule has 0 saturated carbocycles. The maximum atomic E-state index is 6.07. The lowest BCUT2D eigenvalue weighted by atomic mass is 9.85. The summed E-state index contributed by atoms with van der Waals surface area (Å²) in [4.78, 5) is 0. The van der Waals surface area contributed by atoms with Gasteiger partial charge in [-0.2, -0.15) is 0 Å². The smallest absolute Gasteiger partial charge is 0.161 e. The van der Waals surface area contributed by atoms with E-state index in [0.29, 0.717) is 19.8 Å². The Labute approximate surface area is 157 Å². The average molecular weight is 357 g/mol. The van der Waals surface area contributed by atoms with Crippen molar-refractivity contribution < 1.29 is 14.2 Å². The van der Waals surface area contributed by atoms with Gasteiger partial charge in [-0.3, -0.25) is 0 Å². The van der Waals surface area contributed by atoms with Crippen LogP contribution < -0.4 is 19.9 Å². The summed E-state index contributed by atoms with van der Waals surface area (Å²) in [5.41, 5.74) is 9.13. The van der Waals surface area contributed by atoms with Gasteiger partial charge in [0.05, 0.1) is 7.11 Å². The number of rotatable bonds is 8. The van der Waals surface area contributed by atoms with Crippen LogP contribution in [0.4, 0.5) is 0 Å². The van der Waals surface area contributed by atoms with Crippen LogP contribution in [0.15, 0.2) is 36.4 Å². The van der Waals surface area contributed by atoms with E-state index in [4.69, 9.17) is 19.9 Å². The molecule has 0 spiro atoms. The van der Waals surface area contributed by atoms with E-state index < -0.39 is 0 Å². The molecule has 4 heteroatoms. The minimum atomic E-state index is 0.0320. The standard InChI is InChI=1S/C22H31NO3/c1-16-7-6-8-18(22(2,3)4)21(16)26-14-13-25-19-10-9-17(11-12-23)15-20(19)24-5/h6-10,15H,11-14,23H2,1-5H3. The van der Waals surface area contributed by atoms with Gasteiger partial charge in [0.2, 0.25) is 0 Å². The number of benzene rings is 2. The first-order valence-corrected chi connectivity index (χ1v) is 9.09. The molecule has 2 rings (SSSR count). The van der Waals surface area contributed by atoms with E-state index in [1.165, 1.54) is 5.56 Å². The zero-order chi connectivity index (χ0) is 19.2. The van der Waals surface area contributed by atoms with Crippen molar-refractivity contribution in [3.8, 4) is 17.2 Å². The van der Waals surface area contributed by atoms with Crippen LogP contribution in [0, 0.1) is 6.92 Å². The minimum Gasteiger partial charge on any atom is -0.493 e. The number of methoxy groups -OCH3 is 1. The third-order valence-electron chi connectivity index (χ3n) is 4.27. The molecule has 4 nitrogen and oxygen atoms in total. The predicted molar refractivity (Wildman–Crippen MR) is 107 cm³/mol. The van der Waals surface area contributed by atoms with Crippen LogP contribution in [0.25, 0.3) is 0 Å². The Bertz CT molecular complexity index is 720. The molecule has 0 atom stereocenters. The second-order valence-electron chi connectivity index (χ2n) is 7.42. The molecule has 0 aliphatic rings. The van der Waals surface area contributed by atoms with Crippen molar-refractivity contribution in [2.24, 2.45) is 5.73 Å². The fraction of sp³-hybridized carbons (Fsp3) is 0.455. The predicted octanol–water partition coefficient (Wildman–Crippen LogP) is 4.26. The molecule has 0 heterocycles. The summed E-state index contributed by atoms with van der Waals surface area (Å²) in [6.07, 6.45) is 0.822. The number of aryl methyl sites for hydroxylation is 1. The average Bonchev–Trinajstić information content (AvgIpc) is 2.59. The van der Waals surface area contributed by atoms with Gasteiger partial charge in [-0.25, -0.2) is 0 Å². The van der Waals surface area contributed by atoms with Crippen LogP contribution in [0.3, 0.4) is 0 Å². The van der Waals surface area contributed by atoms with E-state index in [1.807, 2.05) is 18.2 Å². The topological polar surface area (TPSA) is 53.7 Å². The highest BCUT2D eigenvalue weighted by Gasteiger charge is 2.20. The van der Waals surface area contributed by atoms with E-state index in [1.54, 1.807) is 7.11 Å². The lowest BCUT2D eigenvalue weighted by Gasteiger charge is -2.24. The molecule has 2 aromatic rings. The summed E-state index contributed by atoms with van der Waals surface area (Å²) in [6, 6.07) is 12.2. The number of para-hydroxylation sites is 1. The molecule has 2 aromatic carbocycles. The molecule has 0 fully saturated rings. The first kappa shape index (κ1) is 20.1. The summed E-state index contributed by atoms with van der Waals surface area (Å²) >= 11 is 0. The summed E-state index contributed by atoms with van der Waals surface area (Å²) in [5, 5.41) is 0. The fourth-order valence-electron chi connectivity index (χ4n) is 2.88. The van der Waals surface area contributed by atoms with Gasteiger partial charge in [-0.1, -0.05) is 45.0 Å². The summed E-state index contributed by atoms with van der Waals surface area (Å²) in [6.45, 7) is 10.2. The zero-order valence-electron chi connectivity index (χ0n) is 16.6. The molecular formula is C22H31NO3. The molecular weight excluding hydrogens is 326 g/mol. The molecule has 142 valence electrons. The number of ether oxygens (including phenoxy) is 3. The summed E-state index contributed by atoms with van der Waals surface area (Å²) in [7, 11) is 1.65. The van der Waals surface area contributed by atoms with E-state index >= 15 is 0 Å². The molecule has 0 aliphatic carbocycles. The van der Waals surface area contributed by atoms with E-state index in [0.717, 1.165) is 34.8 Å². The number of hydrogen-bond donors (Lipinski definition) is 1. The second-order valence-corrected chi connectivity index (χ2v) is 7.42. The first-order valence-electron chi connectivity index (χ1n) is 9.09. The largest absolute Gasteiger partial charge is 0.493 e. The van der Waals surface area contributed by atoms with Gasteiger partial charge < -0.3 is 19.9 Å². The molecule has 0 aliphatic heterocycles. The molecule has 0 unspecified atom stereocenters. The zero-order valence-corrected chi connectivity index (χ0v) is 16.6. The van der Waals surface area contributed by atoms with Crippen molar-refractivity contribution in [2.45, 2.75) is 39.5 Å². The molecule has 0 radical (unpaired) electrons. The van der Waals surface area contributed by atoms with Crippen molar-refractivity contribution in [2.75, 3.05) is 26.9 Å². The first-order chi connectivity index (χ1) is 12.4. The van der Waals surface area contributed by atoms with Crippen molar-refractivity contribution in [1.82, 2.24) is 0 Å². The third kappa shape index (κ3) is 5.15. The fourth-order valence-corrected chi connectivity index (χ4v) is 2.88. The quantitative estimate of drug-likeness (QED) is 0.717. The van der Waals surface area contributed by atoms with Crippen molar-refractivity contribution in [1.29, 1.82) is 0 Å². The lowest BCUT2D eigenvalue weighted by Crippen LogP contribution is -2.16. The molecule has 0 bridgehead atoms. The highest BCUT2D eigenvalue weighted by atomic mass is 16.5. The van der Waals surface area contributed by atoms with Crippen molar-refractivity contribution in [3.05, 3.63) is 53.1 Å². The molecule has 2 N–H and O–H groups in total. The second kappa shape index (κ2) is 8.95. The van der Waals surface area contributed by atoms with Crippen LogP contribution in [0.1, 0.15) is 37.5 Å². The molecule has 0 saturated heterocycles. The summed E-state index contributed by atoms with van der Waals surface area (Å²) in [5.74, 6) is 2.40. The maximum Gasteiger partial charge on any atom is 0.161 e. The Hall–Kier alpha value is -2.20. The Balaban J connectivity index is 2.00. The van der Waals surface area contributed by atoms with Crippen molar-refractivity contribution >= 4 is 0 Å². The Morgan fingerprint density at radius 1 is 0.962 bits per heavy atom. The van der Waals surface area contributed by atoms with Crippen LogP contribution in [-0.2, 0) is 11.8 Å². The minimum absolute atomic E-state index is 0.0320. The van der Waals surface area contributed by atoms with Crippen LogP contribution in [-0.4, -0.2) is 26.9 Å². The highest BCUT2D eigenvalue weighted by Crippen LogP contribution is 2.34. The lowest BCUT2D eigenvalue weighted by molar-refractivity contribution is 0.208. The van der Waals surface area contributed by atoms with Gasteiger partial charge in [0.15, 0.2) is 11.5 Å². The van der Waals surface area contributed by atoms with Gasteiger partial charge in [0.1, 0.15) is 19.0 Å². The molecule has 0 amide bonds. The third-order valence-corrected chi connectivity index (χ3v) is 4.27. The van der Waals surface area contributed by atoms with E-state index in [9.17, 15) is 0 Å². The maximum absolute atomic E-state index is 6.07. The monoisotopic (exact) mass is 357 g/mol. The number of hydrogen-bond acceptors (Lipinski definition) is 4. The Morgan fingerprint density at radius 3 is 2.35 bits per heavy atom. The highest BCUT2D eigenvalue weighted by molar-refractivity contribution is 5.45. The van der Waals surface area contributed by atoms with Gasteiger partial charge in [-0.15, -0.1) is 0 Å². The Morgan fingerprint density at radius 2 is 1.69 bits per heavy atom. The van der Waals surface area contributed by atoms with Crippen LogP contribution in [0.5, 0.6) is 17.2 Å². The van der Waals surface area contributed by atoms with Crippen LogP contribution in [0.2, 0.25) is 0 Å². The van der Waals surface area contributed by atoms with Gasteiger partial charge in [0, 0.05) is 0 Å². The summed E-state index contributed by atoms with van der Waals surface area (Å²) < 4.78 is 17.4. The molecule has 0 aromatic heterocycles. The number of nitrogens with two attached hydrogens (primary N) is 1. The van der Waals surface area contributed by atoms with E-state index in [-0.39, 0.29) is 5.41 Å². The molecule has 26 heavy (non-hydrogen) atoms. The SMILES string of the molecule is COc1cc(CCN)ccc1OCCOc1c(C)cccc1C(C)(C)C. The van der Waals surface area contributed by atoms with Gasteiger partial charge in [-0.05, 0) is 54.1 Å². The van der Waals surface area contributed by atoms with Crippen molar-refractivity contribution in [3.63, 3.8) is 0 Å². The van der Waals surface area contributed by atoms with Gasteiger partial charge in [0.25, 0.3) is 0 Å². The van der Waals surface area contributed by atoms with Gasteiger partial charge >= 0.3 is 0 Å². The van der Waals surface area contributed by atoms with Crippen LogP contribution >= 0.6 is 0 Å².